The maximum Gasteiger partial charge on any atom is 0.182 e. The molecule has 0 aliphatic carbocycles. The number of rotatable bonds is 5. The van der Waals surface area contributed by atoms with Gasteiger partial charge in [0.1, 0.15) is 0 Å². The van der Waals surface area contributed by atoms with E-state index in [4.69, 9.17) is 0 Å². The van der Waals surface area contributed by atoms with Crippen LogP contribution in [0, 0.1) is 13.8 Å². The molecule has 0 aliphatic heterocycles. The van der Waals surface area contributed by atoms with Crippen molar-refractivity contribution in [2.24, 2.45) is 0 Å². The number of aromatic amines is 1. The van der Waals surface area contributed by atoms with Crippen LogP contribution in [0.15, 0.2) is 35.7 Å². The highest BCUT2D eigenvalue weighted by Crippen LogP contribution is 2.25. The minimum absolute atomic E-state index is 0.158. The van der Waals surface area contributed by atoms with Crippen molar-refractivity contribution in [3.8, 4) is 0 Å². The zero-order chi connectivity index (χ0) is 16.6. The van der Waals surface area contributed by atoms with Gasteiger partial charge in [-0.2, -0.15) is 0 Å². The van der Waals surface area contributed by atoms with Gasteiger partial charge in [-0.1, -0.05) is 18.2 Å². The van der Waals surface area contributed by atoms with Gasteiger partial charge in [-0.05, 0) is 50.9 Å². The van der Waals surface area contributed by atoms with Crippen LogP contribution in [-0.4, -0.2) is 28.8 Å². The van der Waals surface area contributed by atoms with E-state index >= 15 is 0 Å². The number of aryl methyl sites for hydroxylation is 2. The Morgan fingerprint density at radius 2 is 2.00 bits per heavy atom. The van der Waals surface area contributed by atoms with Gasteiger partial charge in [0, 0.05) is 33.6 Å². The summed E-state index contributed by atoms with van der Waals surface area (Å²) in [6, 6.07) is 9.97. The fourth-order valence-corrected chi connectivity index (χ4v) is 3.90. The molecule has 1 atom stereocenters. The minimum Gasteiger partial charge on any atom is -0.358 e. The molecule has 0 aliphatic rings. The Balaban J connectivity index is 1.86. The number of carbonyl (C=O) groups is 1. The summed E-state index contributed by atoms with van der Waals surface area (Å²) in [5.74, 6) is 0.177. The van der Waals surface area contributed by atoms with E-state index in [-0.39, 0.29) is 11.8 Å². The monoisotopic (exact) mass is 326 g/mol. The van der Waals surface area contributed by atoms with Gasteiger partial charge in [0.15, 0.2) is 5.78 Å². The quantitative estimate of drug-likeness (QED) is 0.698. The van der Waals surface area contributed by atoms with Crippen molar-refractivity contribution < 1.29 is 4.79 Å². The predicted octanol–water partition coefficient (Wildman–Crippen LogP) is 4.55. The molecule has 3 aromatic rings. The summed E-state index contributed by atoms with van der Waals surface area (Å²) in [6.07, 6.45) is 0. The van der Waals surface area contributed by atoms with Crippen LogP contribution in [0.25, 0.3) is 10.9 Å². The molecule has 0 radical (unpaired) electrons. The molecule has 3 rings (SSSR count). The van der Waals surface area contributed by atoms with E-state index in [1.807, 2.05) is 45.2 Å². The van der Waals surface area contributed by atoms with Crippen molar-refractivity contribution in [3.05, 3.63) is 57.4 Å². The molecule has 0 fully saturated rings. The van der Waals surface area contributed by atoms with Crippen molar-refractivity contribution in [3.63, 3.8) is 0 Å². The van der Waals surface area contributed by atoms with Crippen molar-refractivity contribution in [2.45, 2.75) is 33.4 Å². The maximum absolute atomic E-state index is 13.0. The second-order valence-electron chi connectivity index (χ2n) is 6.15. The number of Topliss-reactive ketones (excluding diaryl/α,β-unsaturated/α-hetero) is 1. The Morgan fingerprint density at radius 1 is 1.26 bits per heavy atom. The summed E-state index contributed by atoms with van der Waals surface area (Å²) in [7, 11) is 2.02. The Labute approximate surface area is 140 Å². The number of likely N-dealkylation sites (N-methyl/N-ethyl adjacent to an activating group) is 1. The SMILES string of the molecule is Cc1ccsc1CN(C)[C@H](C)C(=O)c1c(C)[nH]c2ccccc12. The number of benzene rings is 1. The first-order chi connectivity index (χ1) is 11.0. The highest BCUT2D eigenvalue weighted by molar-refractivity contribution is 7.10. The van der Waals surface area contributed by atoms with Gasteiger partial charge in [-0.15, -0.1) is 11.3 Å². The van der Waals surface area contributed by atoms with E-state index in [0.29, 0.717) is 0 Å². The number of para-hydroxylation sites is 1. The Kier molecular flexibility index (Phi) is 4.37. The summed E-state index contributed by atoms with van der Waals surface area (Å²) >= 11 is 1.75. The maximum atomic E-state index is 13.0. The topological polar surface area (TPSA) is 36.1 Å². The van der Waals surface area contributed by atoms with Crippen molar-refractivity contribution in [1.82, 2.24) is 9.88 Å². The van der Waals surface area contributed by atoms with E-state index in [1.165, 1.54) is 10.4 Å². The lowest BCUT2D eigenvalue weighted by atomic mass is 10.0. The first kappa shape index (κ1) is 16.0. The number of nitrogens with zero attached hydrogens (tertiary/aromatic N) is 1. The summed E-state index contributed by atoms with van der Waals surface area (Å²) in [5, 5.41) is 3.12. The molecular formula is C19H22N2OS. The number of nitrogens with one attached hydrogen (secondary N) is 1. The lowest BCUT2D eigenvalue weighted by molar-refractivity contribution is 0.0864. The average Bonchev–Trinajstić information content (AvgIpc) is 3.08. The Bertz CT molecular complexity index is 846. The number of thiophene rings is 1. The molecule has 0 saturated heterocycles. The molecule has 0 unspecified atom stereocenters. The summed E-state index contributed by atoms with van der Waals surface area (Å²) < 4.78 is 0. The van der Waals surface area contributed by atoms with Gasteiger partial charge in [0.05, 0.1) is 6.04 Å². The second-order valence-corrected chi connectivity index (χ2v) is 7.15. The van der Waals surface area contributed by atoms with Crippen LogP contribution in [-0.2, 0) is 6.54 Å². The second kappa shape index (κ2) is 6.30. The van der Waals surface area contributed by atoms with Gasteiger partial charge in [-0.25, -0.2) is 0 Å². The molecule has 3 nitrogen and oxygen atoms in total. The lowest BCUT2D eigenvalue weighted by Gasteiger charge is -2.23. The van der Waals surface area contributed by atoms with E-state index in [9.17, 15) is 4.79 Å². The van der Waals surface area contributed by atoms with Gasteiger partial charge < -0.3 is 4.98 Å². The number of carbonyl (C=O) groups excluding carboxylic acids is 1. The van der Waals surface area contributed by atoms with E-state index in [2.05, 4.69) is 28.3 Å². The summed E-state index contributed by atoms with van der Waals surface area (Å²) in [4.78, 5) is 19.8. The van der Waals surface area contributed by atoms with Crippen LogP contribution < -0.4 is 0 Å². The molecular weight excluding hydrogens is 304 g/mol. The van der Waals surface area contributed by atoms with Crippen LogP contribution in [0.4, 0.5) is 0 Å². The smallest absolute Gasteiger partial charge is 0.182 e. The first-order valence-electron chi connectivity index (χ1n) is 7.83. The zero-order valence-electron chi connectivity index (χ0n) is 14.0. The van der Waals surface area contributed by atoms with E-state index < -0.39 is 0 Å². The molecule has 1 aromatic carbocycles. The van der Waals surface area contributed by atoms with Gasteiger partial charge in [0.25, 0.3) is 0 Å². The molecule has 0 amide bonds. The molecule has 2 heterocycles. The molecule has 0 bridgehead atoms. The molecule has 23 heavy (non-hydrogen) atoms. The number of aromatic nitrogens is 1. The van der Waals surface area contributed by atoms with Crippen molar-refractivity contribution >= 4 is 28.0 Å². The first-order valence-corrected chi connectivity index (χ1v) is 8.71. The average molecular weight is 326 g/mol. The van der Waals surface area contributed by atoms with Gasteiger partial charge in [-0.3, -0.25) is 9.69 Å². The zero-order valence-corrected chi connectivity index (χ0v) is 14.8. The van der Waals surface area contributed by atoms with E-state index in [0.717, 1.165) is 28.7 Å². The van der Waals surface area contributed by atoms with Gasteiger partial charge in [0.2, 0.25) is 0 Å². The van der Waals surface area contributed by atoms with Crippen LogP contribution in [0.5, 0.6) is 0 Å². The van der Waals surface area contributed by atoms with Crippen molar-refractivity contribution in [2.75, 3.05) is 7.05 Å². The lowest BCUT2D eigenvalue weighted by Crippen LogP contribution is -2.35. The third-order valence-corrected chi connectivity index (χ3v) is 5.55. The fourth-order valence-electron chi connectivity index (χ4n) is 2.93. The summed E-state index contributed by atoms with van der Waals surface area (Å²) in [6.45, 7) is 6.89. The molecule has 0 saturated carbocycles. The largest absolute Gasteiger partial charge is 0.358 e. The molecule has 0 spiro atoms. The number of H-pyrrole nitrogens is 1. The number of hydrogen-bond donors (Lipinski definition) is 1. The molecule has 120 valence electrons. The number of fused-ring (bicyclic) bond motifs is 1. The van der Waals surface area contributed by atoms with Crippen LogP contribution in [0.3, 0.4) is 0 Å². The summed E-state index contributed by atoms with van der Waals surface area (Å²) in [5.41, 5.74) is 4.09. The minimum atomic E-state index is -0.158. The van der Waals surface area contributed by atoms with Crippen LogP contribution >= 0.6 is 11.3 Å². The Morgan fingerprint density at radius 3 is 2.70 bits per heavy atom. The number of hydrogen-bond acceptors (Lipinski definition) is 3. The molecule has 2 aromatic heterocycles. The predicted molar refractivity (Wildman–Crippen MR) is 97.4 cm³/mol. The Hall–Kier alpha value is -1.91. The third kappa shape index (κ3) is 2.96. The standard InChI is InChI=1S/C19H22N2OS/c1-12-9-10-23-17(12)11-21(4)14(3)19(22)18-13(2)20-16-8-6-5-7-15(16)18/h5-10,14,20H,11H2,1-4H3/t14-/m1/s1. The van der Waals surface area contributed by atoms with E-state index in [1.54, 1.807) is 11.3 Å². The highest BCUT2D eigenvalue weighted by Gasteiger charge is 2.24. The fraction of sp³-hybridized carbons (Fsp3) is 0.316. The molecule has 1 N–H and O–H groups in total. The highest BCUT2D eigenvalue weighted by atomic mass is 32.1. The number of ketones is 1. The molecule has 4 heteroatoms. The van der Waals surface area contributed by atoms with Crippen LogP contribution in [0.1, 0.15) is 33.4 Å². The van der Waals surface area contributed by atoms with Crippen LogP contribution in [0.2, 0.25) is 0 Å². The van der Waals surface area contributed by atoms with Crippen molar-refractivity contribution in [1.29, 1.82) is 0 Å². The third-order valence-electron chi connectivity index (χ3n) is 4.54. The normalized spacial score (nSPS) is 12.9. The van der Waals surface area contributed by atoms with Gasteiger partial charge >= 0.3 is 0 Å².